The molecule has 3 N–H and O–H groups in total. The maximum atomic E-state index is 11.2. The van der Waals surface area contributed by atoms with Gasteiger partial charge in [-0.25, -0.2) is 13.6 Å². The van der Waals surface area contributed by atoms with Crippen molar-refractivity contribution in [1.82, 2.24) is 0 Å². The summed E-state index contributed by atoms with van der Waals surface area (Å²) >= 11 is 0. The summed E-state index contributed by atoms with van der Waals surface area (Å²) in [5.41, 5.74) is -0.0765. The van der Waals surface area contributed by atoms with Crippen LogP contribution in [0.15, 0.2) is 23.1 Å². The number of nitro groups is 1. The van der Waals surface area contributed by atoms with Crippen molar-refractivity contribution >= 4 is 21.4 Å². The topological polar surface area (TPSA) is 125 Å². The molecule has 2 rings (SSSR count). The van der Waals surface area contributed by atoms with Crippen molar-refractivity contribution in [2.24, 2.45) is 5.14 Å². The molecule has 0 aliphatic carbocycles. The van der Waals surface area contributed by atoms with E-state index >= 15 is 0 Å². The standard InChI is InChI=1S/C11H15N3O5S/c12-20(17,18)9-3-4-10(11(6-9)14(15)16)13-7-8-2-1-5-19-8/h3-4,6,8,13H,1-2,5,7H2,(H2,12,17,18). The Morgan fingerprint density at radius 1 is 1.50 bits per heavy atom. The van der Waals surface area contributed by atoms with E-state index in [4.69, 9.17) is 9.88 Å². The average molecular weight is 301 g/mol. The second-order valence-corrected chi connectivity index (χ2v) is 6.06. The second-order valence-electron chi connectivity index (χ2n) is 4.50. The molecule has 1 saturated heterocycles. The number of nitro benzene ring substituents is 1. The fraction of sp³-hybridized carbons (Fsp3) is 0.455. The second kappa shape index (κ2) is 5.73. The van der Waals surface area contributed by atoms with Gasteiger partial charge in [-0.1, -0.05) is 0 Å². The number of benzene rings is 1. The zero-order valence-corrected chi connectivity index (χ0v) is 11.4. The van der Waals surface area contributed by atoms with Crippen molar-refractivity contribution in [2.75, 3.05) is 18.5 Å². The van der Waals surface area contributed by atoms with Crippen LogP contribution < -0.4 is 10.5 Å². The first-order chi connectivity index (χ1) is 9.38. The van der Waals surface area contributed by atoms with Gasteiger partial charge < -0.3 is 10.1 Å². The molecule has 0 amide bonds. The van der Waals surface area contributed by atoms with Gasteiger partial charge in [0.1, 0.15) is 5.69 Å². The van der Waals surface area contributed by atoms with Crippen molar-refractivity contribution < 1.29 is 18.1 Å². The van der Waals surface area contributed by atoms with Crippen molar-refractivity contribution in [3.8, 4) is 0 Å². The summed E-state index contributed by atoms with van der Waals surface area (Å²) in [5, 5.41) is 18.9. The molecule has 0 saturated carbocycles. The quantitative estimate of drug-likeness (QED) is 0.613. The number of nitrogens with one attached hydrogen (secondary N) is 1. The highest BCUT2D eigenvalue weighted by molar-refractivity contribution is 7.89. The molecule has 1 aromatic rings. The average Bonchev–Trinajstić information content (AvgIpc) is 2.88. The summed E-state index contributed by atoms with van der Waals surface area (Å²) in [7, 11) is -3.96. The minimum Gasteiger partial charge on any atom is -0.377 e. The largest absolute Gasteiger partial charge is 0.377 e. The predicted molar refractivity (Wildman–Crippen MR) is 71.9 cm³/mol. The van der Waals surface area contributed by atoms with Crippen LogP contribution in [0.5, 0.6) is 0 Å². The normalized spacial score (nSPS) is 18.9. The Bertz CT molecular complexity index is 610. The molecule has 0 radical (unpaired) electrons. The molecule has 1 aliphatic heterocycles. The Morgan fingerprint density at radius 3 is 2.80 bits per heavy atom. The Hall–Kier alpha value is -1.71. The van der Waals surface area contributed by atoms with Gasteiger partial charge in [0.25, 0.3) is 5.69 Å². The first-order valence-corrected chi connectivity index (χ1v) is 7.59. The number of nitrogens with zero attached hydrogens (tertiary/aromatic N) is 1. The lowest BCUT2D eigenvalue weighted by Crippen LogP contribution is -2.19. The number of primary sulfonamides is 1. The van der Waals surface area contributed by atoms with Crippen LogP contribution in [0.3, 0.4) is 0 Å². The van der Waals surface area contributed by atoms with Gasteiger partial charge in [-0.3, -0.25) is 10.1 Å². The van der Waals surface area contributed by atoms with Gasteiger partial charge in [-0.05, 0) is 25.0 Å². The number of hydrogen-bond acceptors (Lipinski definition) is 6. The fourth-order valence-corrected chi connectivity index (χ4v) is 2.55. The molecular weight excluding hydrogens is 286 g/mol. The molecule has 0 spiro atoms. The smallest absolute Gasteiger partial charge is 0.293 e. The molecule has 110 valence electrons. The number of nitrogens with two attached hydrogens (primary N) is 1. The molecule has 1 fully saturated rings. The molecule has 0 aromatic heterocycles. The Balaban J connectivity index is 2.21. The predicted octanol–water partition coefficient (Wildman–Crippen LogP) is 0.833. The van der Waals surface area contributed by atoms with E-state index < -0.39 is 14.9 Å². The van der Waals surface area contributed by atoms with E-state index in [1.807, 2.05) is 0 Å². The Morgan fingerprint density at radius 2 is 2.25 bits per heavy atom. The Labute approximate surface area is 116 Å². The van der Waals surface area contributed by atoms with Crippen molar-refractivity contribution in [3.63, 3.8) is 0 Å². The van der Waals surface area contributed by atoms with Crippen molar-refractivity contribution in [3.05, 3.63) is 28.3 Å². The third-order valence-corrected chi connectivity index (χ3v) is 3.95. The van der Waals surface area contributed by atoms with Gasteiger partial charge in [-0.15, -0.1) is 0 Å². The van der Waals surface area contributed by atoms with Crippen LogP contribution >= 0.6 is 0 Å². The number of anilines is 1. The molecule has 1 heterocycles. The maximum absolute atomic E-state index is 11.2. The minimum absolute atomic E-state index is 0.0209. The van der Waals surface area contributed by atoms with Gasteiger partial charge in [0, 0.05) is 19.2 Å². The van der Waals surface area contributed by atoms with Gasteiger partial charge in [0.15, 0.2) is 0 Å². The molecular formula is C11H15N3O5S. The summed E-state index contributed by atoms with van der Waals surface area (Å²) in [6.07, 6.45) is 1.89. The lowest BCUT2D eigenvalue weighted by Gasteiger charge is -2.12. The number of rotatable bonds is 5. The first-order valence-electron chi connectivity index (χ1n) is 6.04. The molecule has 1 aliphatic rings. The van der Waals surface area contributed by atoms with Gasteiger partial charge in [-0.2, -0.15) is 0 Å². The van der Waals surface area contributed by atoms with Crippen LogP contribution in [0.25, 0.3) is 0 Å². The third-order valence-electron chi connectivity index (χ3n) is 3.04. The van der Waals surface area contributed by atoms with Crippen molar-refractivity contribution in [1.29, 1.82) is 0 Å². The molecule has 9 heteroatoms. The van der Waals surface area contributed by atoms with E-state index in [9.17, 15) is 18.5 Å². The lowest BCUT2D eigenvalue weighted by atomic mass is 10.2. The lowest BCUT2D eigenvalue weighted by molar-refractivity contribution is -0.384. The highest BCUT2D eigenvalue weighted by atomic mass is 32.2. The van der Waals surface area contributed by atoms with Crippen LogP contribution in [-0.2, 0) is 14.8 Å². The first kappa shape index (κ1) is 14.7. The van der Waals surface area contributed by atoms with Crippen LogP contribution in [-0.4, -0.2) is 32.6 Å². The van der Waals surface area contributed by atoms with Crippen LogP contribution in [0, 0.1) is 10.1 Å². The SMILES string of the molecule is NS(=O)(=O)c1ccc(NCC2CCCO2)c([N+](=O)[O-])c1. The number of hydrogen-bond donors (Lipinski definition) is 2. The van der Waals surface area contributed by atoms with E-state index in [2.05, 4.69) is 5.32 Å². The van der Waals surface area contributed by atoms with Gasteiger partial charge >= 0.3 is 0 Å². The summed E-state index contributed by atoms with van der Waals surface area (Å²) in [6.45, 7) is 1.13. The van der Waals surface area contributed by atoms with Gasteiger partial charge in [0.05, 0.1) is 15.9 Å². The molecule has 20 heavy (non-hydrogen) atoms. The van der Waals surface area contributed by atoms with Crippen LogP contribution in [0.2, 0.25) is 0 Å². The summed E-state index contributed by atoms with van der Waals surface area (Å²) < 4.78 is 27.8. The Kier molecular flexibility index (Phi) is 4.21. The summed E-state index contributed by atoms with van der Waals surface area (Å²) in [5.74, 6) is 0. The van der Waals surface area contributed by atoms with Crippen LogP contribution in [0.1, 0.15) is 12.8 Å². The summed E-state index contributed by atoms with van der Waals surface area (Å²) in [4.78, 5) is 10.1. The number of ether oxygens (including phenoxy) is 1. The van der Waals surface area contributed by atoms with Crippen LogP contribution in [0.4, 0.5) is 11.4 Å². The monoisotopic (exact) mass is 301 g/mol. The van der Waals surface area contributed by atoms with E-state index in [1.165, 1.54) is 12.1 Å². The van der Waals surface area contributed by atoms with E-state index in [0.29, 0.717) is 13.2 Å². The molecule has 8 nitrogen and oxygen atoms in total. The third kappa shape index (κ3) is 3.44. The molecule has 1 atom stereocenters. The van der Waals surface area contributed by atoms with E-state index in [0.717, 1.165) is 18.9 Å². The highest BCUT2D eigenvalue weighted by Gasteiger charge is 2.21. The molecule has 0 bridgehead atoms. The highest BCUT2D eigenvalue weighted by Crippen LogP contribution is 2.27. The molecule has 1 aromatic carbocycles. The zero-order chi connectivity index (χ0) is 14.8. The zero-order valence-electron chi connectivity index (χ0n) is 10.6. The maximum Gasteiger partial charge on any atom is 0.293 e. The fourth-order valence-electron chi connectivity index (χ4n) is 2.02. The van der Waals surface area contributed by atoms with Gasteiger partial charge in [0.2, 0.25) is 10.0 Å². The molecule has 1 unspecified atom stereocenters. The summed E-state index contributed by atoms with van der Waals surface area (Å²) in [6, 6.07) is 3.53. The number of sulfonamides is 1. The van der Waals surface area contributed by atoms with E-state index in [1.54, 1.807) is 0 Å². The minimum atomic E-state index is -3.96. The van der Waals surface area contributed by atoms with E-state index in [-0.39, 0.29) is 22.4 Å². The van der Waals surface area contributed by atoms with Crippen molar-refractivity contribution in [2.45, 2.75) is 23.8 Å².